The number of carbonyl (C=O) groups is 1. The van der Waals surface area contributed by atoms with Gasteiger partial charge in [-0.05, 0) is 19.9 Å². The first-order chi connectivity index (χ1) is 8.72. The molecule has 0 fully saturated rings. The highest BCUT2D eigenvalue weighted by Crippen LogP contribution is 2.31. The second-order valence-corrected chi connectivity index (χ2v) is 3.58. The third-order valence-electron chi connectivity index (χ3n) is 2.25. The predicted octanol–water partition coefficient (Wildman–Crippen LogP) is 1.09. The lowest BCUT2D eigenvalue weighted by Crippen LogP contribution is -2.28. The van der Waals surface area contributed by atoms with Crippen LogP contribution in [0.2, 0.25) is 0 Å². The van der Waals surface area contributed by atoms with E-state index < -0.39 is 0 Å². The first-order valence-corrected chi connectivity index (χ1v) is 5.97. The molecule has 0 bridgehead atoms. The summed E-state index contributed by atoms with van der Waals surface area (Å²) in [6, 6.07) is 5.25. The molecule has 0 heterocycles. The van der Waals surface area contributed by atoms with Gasteiger partial charge in [-0.2, -0.15) is 0 Å². The highest BCUT2D eigenvalue weighted by atomic mass is 16.5. The van der Waals surface area contributed by atoms with Gasteiger partial charge >= 0.3 is 0 Å². The van der Waals surface area contributed by atoms with E-state index in [0.29, 0.717) is 30.2 Å². The summed E-state index contributed by atoms with van der Waals surface area (Å²) in [5.41, 5.74) is 0.602. The Bertz CT molecular complexity index is 393. The summed E-state index contributed by atoms with van der Waals surface area (Å²) in [6.45, 7) is 4.50. The average molecular weight is 253 g/mol. The number of aliphatic hydroxyl groups excluding tert-OH is 1. The van der Waals surface area contributed by atoms with Crippen LogP contribution in [0, 0.1) is 0 Å². The van der Waals surface area contributed by atoms with Crippen molar-refractivity contribution in [2.45, 2.75) is 20.5 Å². The number of rotatable bonds is 7. The van der Waals surface area contributed by atoms with Gasteiger partial charge in [0.25, 0.3) is 5.91 Å². The Kier molecular flexibility index (Phi) is 6.00. The van der Waals surface area contributed by atoms with Crippen LogP contribution in [0.25, 0.3) is 0 Å². The number of hydrogen-bond donors (Lipinski definition) is 2. The topological polar surface area (TPSA) is 67.8 Å². The number of ether oxygens (including phenoxy) is 2. The second kappa shape index (κ2) is 7.55. The molecule has 0 saturated carbocycles. The van der Waals surface area contributed by atoms with Crippen molar-refractivity contribution < 1.29 is 19.4 Å². The van der Waals surface area contributed by atoms with Crippen molar-refractivity contribution in [3.63, 3.8) is 0 Å². The molecular formula is C13H19NO4. The van der Waals surface area contributed by atoms with E-state index in [0.717, 1.165) is 0 Å². The maximum atomic E-state index is 11.3. The van der Waals surface area contributed by atoms with Crippen molar-refractivity contribution in [1.82, 2.24) is 5.32 Å². The number of para-hydroxylation sites is 1. The first kappa shape index (κ1) is 14.3. The van der Waals surface area contributed by atoms with Gasteiger partial charge in [0.2, 0.25) is 0 Å². The Morgan fingerprint density at radius 1 is 1.33 bits per heavy atom. The van der Waals surface area contributed by atoms with Crippen LogP contribution in [0.5, 0.6) is 11.5 Å². The fraction of sp³-hybridized carbons (Fsp3) is 0.462. The molecule has 0 spiro atoms. The zero-order chi connectivity index (χ0) is 13.4. The van der Waals surface area contributed by atoms with Gasteiger partial charge in [-0.3, -0.25) is 4.79 Å². The number of amides is 1. The Labute approximate surface area is 107 Å². The number of carbonyl (C=O) groups excluding carboxylic acids is 1. The van der Waals surface area contributed by atoms with Gasteiger partial charge in [-0.25, -0.2) is 0 Å². The lowest BCUT2D eigenvalue weighted by Gasteiger charge is -2.14. The first-order valence-electron chi connectivity index (χ1n) is 5.97. The zero-order valence-electron chi connectivity index (χ0n) is 10.7. The van der Waals surface area contributed by atoms with Gasteiger partial charge in [0.05, 0.1) is 13.2 Å². The number of nitrogens with one attached hydrogen (secondary N) is 1. The maximum Gasteiger partial charge on any atom is 0.257 e. The number of aliphatic hydroxyl groups is 1. The van der Waals surface area contributed by atoms with Gasteiger partial charge in [-0.15, -0.1) is 0 Å². The summed E-state index contributed by atoms with van der Waals surface area (Å²) >= 11 is 0. The molecule has 1 rings (SSSR count). The monoisotopic (exact) mass is 253 g/mol. The van der Waals surface area contributed by atoms with Crippen LogP contribution < -0.4 is 14.8 Å². The van der Waals surface area contributed by atoms with Crippen LogP contribution in [0.15, 0.2) is 18.2 Å². The molecule has 1 amide bonds. The van der Waals surface area contributed by atoms with E-state index in [9.17, 15) is 9.90 Å². The van der Waals surface area contributed by atoms with Gasteiger partial charge in [-0.1, -0.05) is 12.1 Å². The van der Waals surface area contributed by atoms with Crippen molar-refractivity contribution in [2.24, 2.45) is 0 Å². The number of benzene rings is 1. The molecule has 1 aromatic rings. The Hall–Kier alpha value is -1.75. The molecule has 0 atom stereocenters. The van der Waals surface area contributed by atoms with Gasteiger partial charge in [0, 0.05) is 12.1 Å². The molecule has 0 aliphatic heterocycles. The minimum absolute atomic E-state index is 0.0923. The minimum Gasteiger partial charge on any atom is -0.490 e. The lowest BCUT2D eigenvalue weighted by atomic mass is 10.2. The normalized spacial score (nSPS) is 9.94. The van der Waals surface area contributed by atoms with Crippen molar-refractivity contribution in [2.75, 3.05) is 19.8 Å². The molecular weight excluding hydrogens is 234 g/mol. The highest BCUT2D eigenvalue weighted by Gasteiger charge is 2.12. The van der Waals surface area contributed by atoms with E-state index in [-0.39, 0.29) is 19.1 Å². The molecule has 0 radical (unpaired) electrons. The SMILES string of the molecule is CCNC(=O)COc1c(CO)cccc1OCC. The van der Waals surface area contributed by atoms with Gasteiger partial charge in [0.15, 0.2) is 18.1 Å². The van der Waals surface area contributed by atoms with E-state index in [2.05, 4.69) is 5.32 Å². The largest absolute Gasteiger partial charge is 0.490 e. The van der Waals surface area contributed by atoms with Crippen molar-refractivity contribution in [3.8, 4) is 11.5 Å². The summed E-state index contributed by atoms with van der Waals surface area (Å²) in [7, 11) is 0. The third-order valence-corrected chi connectivity index (χ3v) is 2.25. The molecule has 18 heavy (non-hydrogen) atoms. The molecule has 2 N–H and O–H groups in total. The van der Waals surface area contributed by atoms with E-state index >= 15 is 0 Å². The lowest BCUT2D eigenvalue weighted by molar-refractivity contribution is -0.123. The summed E-state index contributed by atoms with van der Waals surface area (Å²) in [4.78, 5) is 11.3. The van der Waals surface area contributed by atoms with Crippen LogP contribution >= 0.6 is 0 Å². The van der Waals surface area contributed by atoms with Gasteiger partial charge < -0.3 is 19.9 Å². The third kappa shape index (κ3) is 3.92. The van der Waals surface area contributed by atoms with Crippen LogP contribution in [-0.2, 0) is 11.4 Å². The Balaban J connectivity index is 2.80. The smallest absolute Gasteiger partial charge is 0.257 e. The fourth-order valence-corrected chi connectivity index (χ4v) is 1.50. The van der Waals surface area contributed by atoms with Crippen molar-refractivity contribution in [3.05, 3.63) is 23.8 Å². The summed E-state index contributed by atoms with van der Waals surface area (Å²) < 4.78 is 10.8. The van der Waals surface area contributed by atoms with E-state index in [1.54, 1.807) is 18.2 Å². The van der Waals surface area contributed by atoms with E-state index in [1.165, 1.54) is 0 Å². The van der Waals surface area contributed by atoms with Crippen LogP contribution in [0.4, 0.5) is 0 Å². The molecule has 100 valence electrons. The summed E-state index contributed by atoms with van der Waals surface area (Å²) in [6.07, 6.45) is 0. The molecule has 0 unspecified atom stereocenters. The summed E-state index contributed by atoms with van der Waals surface area (Å²) in [5, 5.41) is 11.9. The molecule has 5 nitrogen and oxygen atoms in total. The Morgan fingerprint density at radius 3 is 2.72 bits per heavy atom. The molecule has 0 aliphatic rings. The minimum atomic E-state index is -0.201. The number of hydrogen-bond acceptors (Lipinski definition) is 4. The quantitative estimate of drug-likeness (QED) is 0.763. The maximum absolute atomic E-state index is 11.3. The average Bonchev–Trinajstić information content (AvgIpc) is 2.37. The second-order valence-electron chi connectivity index (χ2n) is 3.58. The summed E-state index contributed by atoms with van der Waals surface area (Å²) in [5.74, 6) is 0.758. The number of likely N-dealkylation sites (N-methyl/N-ethyl adjacent to an activating group) is 1. The predicted molar refractivity (Wildman–Crippen MR) is 67.7 cm³/mol. The molecule has 0 aromatic heterocycles. The molecule has 1 aromatic carbocycles. The molecule has 5 heteroatoms. The Morgan fingerprint density at radius 2 is 2.11 bits per heavy atom. The molecule has 0 aliphatic carbocycles. The standard InChI is InChI=1S/C13H19NO4/c1-3-14-12(16)9-18-13-10(8-15)6-5-7-11(13)17-4-2/h5-7,15H,3-4,8-9H2,1-2H3,(H,14,16). The van der Waals surface area contributed by atoms with E-state index in [4.69, 9.17) is 9.47 Å². The highest BCUT2D eigenvalue weighted by molar-refractivity contribution is 5.77. The van der Waals surface area contributed by atoms with Gasteiger partial charge in [0.1, 0.15) is 0 Å². The van der Waals surface area contributed by atoms with Crippen LogP contribution in [-0.4, -0.2) is 30.8 Å². The van der Waals surface area contributed by atoms with E-state index in [1.807, 2.05) is 13.8 Å². The van der Waals surface area contributed by atoms with Crippen LogP contribution in [0.1, 0.15) is 19.4 Å². The zero-order valence-corrected chi connectivity index (χ0v) is 10.7. The van der Waals surface area contributed by atoms with Crippen molar-refractivity contribution in [1.29, 1.82) is 0 Å². The fourth-order valence-electron chi connectivity index (χ4n) is 1.50. The van der Waals surface area contributed by atoms with Crippen molar-refractivity contribution >= 4 is 5.91 Å². The molecule has 0 saturated heterocycles. The van der Waals surface area contributed by atoms with Crippen LogP contribution in [0.3, 0.4) is 0 Å².